The van der Waals surface area contributed by atoms with Crippen LogP contribution in [-0.4, -0.2) is 33.1 Å². The lowest BCUT2D eigenvalue weighted by atomic mass is 10.2. The molecule has 0 aliphatic rings. The van der Waals surface area contributed by atoms with E-state index in [1.807, 2.05) is 5.01 Å². The van der Waals surface area contributed by atoms with Gasteiger partial charge in [0.2, 0.25) is 11.9 Å². The molecule has 0 amide bonds. The summed E-state index contributed by atoms with van der Waals surface area (Å²) < 4.78 is 13.0. The minimum Gasteiger partial charge on any atom is -0.354 e. The van der Waals surface area contributed by atoms with E-state index in [-0.39, 0.29) is 5.82 Å². The van der Waals surface area contributed by atoms with Crippen LogP contribution >= 0.6 is 0 Å². The Hall–Kier alpha value is -2.28. The fraction of sp³-hybridized carbons (Fsp3) is 0.438. The molecular formula is C16H23FN6. The Morgan fingerprint density at radius 3 is 2.48 bits per heavy atom. The lowest BCUT2D eigenvalue weighted by Gasteiger charge is -2.22. The fourth-order valence-electron chi connectivity index (χ4n) is 2.07. The van der Waals surface area contributed by atoms with Gasteiger partial charge in [0.15, 0.2) is 0 Å². The number of nitrogens with one attached hydrogen (secondary N) is 2. The van der Waals surface area contributed by atoms with Gasteiger partial charge in [0, 0.05) is 19.6 Å². The number of nitrogens with zero attached hydrogens (tertiary/aromatic N) is 4. The summed E-state index contributed by atoms with van der Waals surface area (Å²) in [5, 5.41) is 5.14. The maximum absolute atomic E-state index is 13.0. The maximum Gasteiger partial charge on any atom is 0.242 e. The highest BCUT2D eigenvalue weighted by Crippen LogP contribution is 2.09. The normalized spacial score (nSPS) is 10.8. The van der Waals surface area contributed by atoms with E-state index in [0.717, 1.165) is 31.5 Å². The zero-order chi connectivity index (χ0) is 16.5. The first-order chi connectivity index (χ1) is 11.2. The number of anilines is 2. The van der Waals surface area contributed by atoms with Gasteiger partial charge in [-0.1, -0.05) is 26.0 Å². The van der Waals surface area contributed by atoms with Crippen LogP contribution in [0.15, 0.2) is 30.6 Å². The third kappa shape index (κ3) is 5.78. The molecule has 23 heavy (non-hydrogen) atoms. The molecule has 0 aliphatic heterocycles. The number of hydrazine groups is 1. The lowest BCUT2D eigenvalue weighted by molar-refractivity contribution is 0.319. The molecule has 0 saturated heterocycles. The minimum atomic E-state index is -0.229. The van der Waals surface area contributed by atoms with Crippen molar-refractivity contribution in [1.82, 2.24) is 20.0 Å². The monoisotopic (exact) mass is 318 g/mol. The van der Waals surface area contributed by atoms with Gasteiger partial charge in [-0.25, -0.2) is 19.4 Å². The second-order valence-corrected chi connectivity index (χ2v) is 5.22. The van der Waals surface area contributed by atoms with Crippen LogP contribution in [0.1, 0.15) is 32.3 Å². The van der Waals surface area contributed by atoms with E-state index in [1.54, 1.807) is 12.1 Å². The third-order valence-electron chi connectivity index (χ3n) is 3.14. The van der Waals surface area contributed by atoms with Crippen molar-refractivity contribution >= 4 is 11.9 Å². The summed E-state index contributed by atoms with van der Waals surface area (Å²) in [5.41, 5.74) is 4.22. The van der Waals surface area contributed by atoms with Gasteiger partial charge in [-0.3, -0.25) is 5.43 Å². The Labute approximate surface area is 136 Å². The van der Waals surface area contributed by atoms with Crippen molar-refractivity contribution in [3.63, 3.8) is 0 Å². The van der Waals surface area contributed by atoms with Crippen molar-refractivity contribution in [3.05, 3.63) is 42.0 Å². The van der Waals surface area contributed by atoms with E-state index >= 15 is 0 Å². The summed E-state index contributed by atoms with van der Waals surface area (Å²) >= 11 is 0. The Morgan fingerprint density at radius 1 is 1.04 bits per heavy atom. The number of rotatable bonds is 9. The standard InChI is InChI=1S/C16H23FN6/c1-3-9-18-15-19-12-20-16(21-15)22-23(10-4-2)11-13-5-7-14(17)8-6-13/h5-8,12H,3-4,9-11H2,1-2H3,(H2,18,19,20,21,22). The molecule has 0 saturated carbocycles. The molecule has 0 aliphatic carbocycles. The summed E-state index contributed by atoms with van der Waals surface area (Å²) in [6.45, 7) is 6.45. The zero-order valence-electron chi connectivity index (χ0n) is 13.6. The molecule has 124 valence electrons. The first-order valence-electron chi connectivity index (χ1n) is 7.90. The molecule has 0 spiro atoms. The molecule has 0 unspecified atom stereocenters. The fourth-order valence-corrected chi connectivity index (χ4v) is 2.07. The molecule has 6 nitrogen and oxygen atoms in total. The minimum absolute atomic E-state index is 0.229. The van der Waals surface area contributed by atoms with Crippen molar-refractivity contribution in [2.45, 2.75) is 33.2 Å². The van der Waals surface area contributed by atoms with Gasteiger partial charge in [0.1, 0.15) is 12.1 Å². The van der Waals surface area contributed by atoms with E-state index in [4.69, 9.17) is 0 Å². The Morgan fingerprint density at radius 2 is 1.78 bits per heavy atom. The number of halogens is 1. The summed E-state index contributed by atoms with van der Waals surface area (Å²) in [6, 6.07) is 6.49. The molecule has 0 fully saturated rings. The molecule has 2 aromatic rings. The molecule has 1 heterocycles. The molecule has 7 heteroatoms. The van der Waals surface area contributed by atoms with Gasteiger partial charge >= 0.3 is 0 Å². The highest BCUT2D eigenvalue weighted by Gasteiger charge is 2.08. The average Bonchev–Trinajstić information content (AvgIpc) is 2.56. The first-order valence-corrected chi connectivity index (χ1v) is 7.90. The van der Waals surface area contributed by atoms with Gasteiger partial charge in [-0.15, -0.1) is 0 Å². The lowest BCUT2D eigenvalue weighted by Crippen LogP contribution is -2.31. The van der Waals surface area contributed by atoms with E-state index in [0.29, 0.717) is 18.4 Å². The van der Waals surface area contributed by atoms with Crippen LogP contribution in [0.4, 0.5) is 16.3 Å². The largest absolute Gasteiger partial charge is 0.354 e. The number of hydrogen-bond donors (Lipinski definition) is 2. The van der Waals surface area contributed by atoms with E-state index in [1.165, 1.54) is 18.5 Å². The zero-order valence-corrected chi connectivity index (χ0v) is 13.6. The predicted octanol–water partition coefficient (Wildman–Crippen LogP) is 3.07. The predicted molar refractivity (Wildman–Crippen MR) is 89.3 cm³/mol. The molecule has 0 bridgehead atoms. The maximum atomic E-state index is 13.0. The summed E-state index contributed by atoms with van der Waals surface area (Å²) in [5.74, 6) is 0.824. The van der Waals surface area contributed by atoms with Crippen molar-refractivity contribution in [1.29, 1.82) is 0 Å². The number of benzene rings is 1. The van der Waals surface area contributed by atoms with Crippen LogP contribution in [0.2, 0.25) is 0 Å². The summed E-state index contributed by atoms with van der Waals surface area (Å²) in [7, 11) is 0. The van der Waals surface area contributed by atoms with Crippen LogP contribution < -0.4 is 10.7 Å². The molecule has 2 rings (SSSR count). The number of aromatic nitrogens is 3. The van der Waals surface area contributed by atoms with Gasteiger partial charge in [0.25, 0.3) is 0 Å². The summed E-state index contributed by atoms with van der Waals surface area (Å²) in [6.07, 6.45) is 3.45. The van der Waals surface area contributed by atoms with Gasteiger partial charge in [-0.2, -0.15) is 4.98 Å². The van der Waals surface area contributed by atoms with Crippen molar-refractivity contribution in [2.75, 3.05) is 23.8 Å². The van der Waals surface area contributed by atoms with Crippen LogP contribution in [0.25, 0.3) is 0 Å². The van der Waals surface area contributed by atoms with Crippen LogP contribution in [0.3, 0.4) is 0 Å². The Balaban J connectivity index is 2.02. The van der Waals surface area contributed by atoms with Crippen molar-refractivity contribution in [3.8, 4) is 0 Å². The highest BCUT2D eigenvalue weighted by molar-refractivity contribution is 5.32. The van der Waals surface area contributed by atoms with E-state index in [2.05, 4.69) is 39.5 Å². The van der Waals surface area contributed by atoms with Gasteiger partial charge in [0.05, 0.1) is 0 Å². The Kier molecular flexibility index (Phi) is 6.68. The molecule has 2 N–H and O–H groups in total. The van der Waals surface area contributed by atoms with Crippen LogP contribution in [-0.2, 0) is 6.54 Å². The topological polar surface area (TPSA) is 66.0 Å². The summed E-state index contributed by atoms with van der Waals surface area (Å²) in [4.78, 5) is 12.6. The second kappa shape index (κ2) is 8.99. The molecule has 0 atom stereocenters. The quantitative estimate of drug-likeness (QED) is 0.693. The SMILES string of the molecule is CCCNc1ncnc(NN(CCC)Cc2ccc(F)cc2)n1. The van der Waals surface area contributed by atoms with E-state index in [9.17, 15) is 4.39 Å². The number of hydrogen-bond acceptors (Lipinski definition) is 6. The molecule has 1 aromatic heterocycles. The third-order valence-corrected chi connectivity index (χ3v) is 3.14. The smallest absolute Gasteiger partial charge is 0.242 e. The first kappa shape index (κ1) is 17.1. The molecular weight excluding hydrogens is 295 g/mol. The Bertz CT molecular complexity index is 589. The molecule has 1 aromatic carbocycles. The van der Waals surface area contributed by atoms with Gasteiger partial charge < -0.3 is 5.32 Å². The second-order valence-electron chi connectivity index (χ2n) is 5.22. The van der Waals surface area contributed by atoms with Gasteiger partial charge in [-0.05, 0) is 30.5 Å². The highest BCUT2D eigenvalue weighted by atomic mass is 19.1. The van der Waals surface area contributed by atoms with Crippen molar-refractivity contribution in [2.24, 2.45) is 0 Å². The average molecular weight is 318 g/mol. The van der Waals surface area contributed by atoms with Crippen molar-refractivity contribution < 1.29 is 4.39 Å². The van der Waals surface area contributed by atoms with Crippen LogP contribution in [0.5, 0.6) is 0 Å². The molecule has 0 radical (unpaired) electrons. The van der Waals surface area contributed by atoms with Crippen LogP contribution in [0, 0.1) is 5.82 Å². The van der Waals surface area contributed by atoms with E-state index < -0.39 is 0 Å².